The maximum atomic E-state index is 11.0. The van der Waals surface area contributed by atoms with Crippen LogP contribution in [0.5, 0.6) is 0 Å². The van der Waals surface area contributed by atoms with Crippen molar-refractivity contribution in [1.29, 1.82) is 0 Å². The fourth-order valence-electron chi connectivity index (χ4n) is 1.20. The maximum Gasteiger partial charge on any atom is 0.337 e. The molecule has 1 aromatic carbocycles. The molecule has 16 heavy (non-hydrogen) atoms. The van der Waals surface area contributed by atoms with E-state index in [-0.39, 0.29) is 15.6 Å². The lowest BCUT2D eigenvalue weighted by molar-refractivity contribution is -0.156. The molecule has 0 spiro atoms. The van der Waals surface area contributed by atoms with Gasteiger partial charge in [-0.2, -0.15) is 0 Å². The van der Waals surface area contributed by atoms with Crippen molar-refractivity contribution in [3.8, 4) is 0 Å². The first-order valence-corrected chi connectivity index (χ1v) is 5.12. The molecule has 0 aliphatic rings. The van der Waals surface area contributed by atoms with Gasteiger partial charge >= 0.3 is 5.97 Å². The lowest BCUT2D eigenvalue weighted by Gasteiger charge is -2.18. The summed E-state index contributed by atoms with van der Waals surface area (Å²) in [6.07, 6.45) is -3.24. The van der Waals surface area contributed by atoms with Gasteiger partial charge in [0.15, 0.2) is 6.10 Å². The third kappa shape index (κ3) is 2.65. The minimum absolute atomic E-state index is 0.101. The van der Waals surface area contributed by atoms with Crippen LogP contribution < -0.4 is 0 Å². The van der Waals surface area contributed by atoms with E-state index in [1.807, 2.05) is 0 Å². The topological polar surface area (TPSA) is 66.8 Å². The number of hydrogen-bond donors (Lipinski definition) is 2. The molecule has 2 atom stereocenters. The highest BCUT2D eigenvalue weighted by Crippen LogP contribution is 2.32. The SMILES string of the molecule is COC(=O)C(O)C(O)c1c(Cl)cccc1Cl. The molecule has 0 amide bonds. The smallest absolute Gasteiger partial charge is 0.337 e. The number of rotatable bonds is 3. The molecule has 0 bridgehead atoms. The van der Waals surface area contributed by atoms with Gasteiger partial charge in [-0.3, -0.25) is 0 Å². The molecule has 4 nitrogen and oxygen atoms in total. The van der Waals surface area contributed by atoms with Crippen molar-refractivity contribution in [2.75, 3.05) is 7.11 Å². The largest absolute Gasteiger partial charge is 0.467 e. The van der Waals surface area contributed by atoms with E-state index in [1.165, 1.54) is 12.1 Å². The molecule has 0 saturated carbocycles. The molecule has 0 radical (unpaired) electrons. The van der Waals surface area contributed by atoms with Crippen LogP contribution >= 0.6 is 23.2 Å². The molecule has 6 heteroatoms. The highest BCUT2D eigenvalue weighted by Gasteiger charge is 2.29. The number of carbonyl (C=O) groups excluding carboxylic acids is 1. The number of carbonyl (C=O) groups is 1. The lowest BCUT2D eigenvalue weighted by atomic mass is 10.0. The second kappa shape index (κ2) is 5.50. The summed E-state index contributed by atoms with van der Waals surface area (Å²) in [5.74, 6) is -0.955. The van der Waals surface area contributed by atoms with Crippen LogP contribution in [0.25, 0.3) is 0 Å². The standard InChI is InChI=1S/C10H10Cl2O4/c1-16-10(15)9(14)8(13)7-5(11)3-2-4-6(7)12/h2-4,8-9,13-14H,1H3. The Morgan fingerprint density at radius 1 is 1.31 bits per heavy atom. The number of ether oxygens (including phenoxy) is 1. The quantitative estimate of drug-likeness (QED) is 0.814. The molecule has 88 valence electrons. The Balaban J connectivity index is 3.04. The highest BCUT2D eigenvalue weighted by atomic mass is 35.5. The second-order valence-electron chi connectivity index (χ2n) is 3.05. The van der Waals surface area contributed by atoms with Gasteiger partial charge in [0.2, 0.25) is 0 Å². The van der Waals surface area contributed by atoms with Crippen LogP contribution in [0.2, 0.25) is 10.0 Å². The van der Waals surface area contributed by atoms with Crippen LogP contribution in [-0.2, 0) is 9.53 Å². The van der Waals surface area contributed by atoms with E-state index in [0.717, 1.165) is 7.11 Å². The number of esters is 1. The maximum absolute atomic E-state index is 11.0. The Morgan fingerprint density at radius 3 is 2.25 bits per heavy atom. The second-order valence-corrected chi connectivity index (χ2v) is 3.86. The minimum atomic E-state index is -1.72. The number of methoxy groups -OCH3 is 1. The molecule has 0 aliphatic carbocycles. The van der Waals surface area contributed by atoms with Crippen LogP contribution in [0.1, 0.15) is 11.7 Å². The minimum Gasteiger partial charge on any atom is -0.467 e. The highest BCUT2D eigenvalue weighted by molar-refractivity contribution is 6.36. The zero-order chi connectivity index (χ0) is 12.3. The number of aliphatic hydroxyl groups is 2. The van der Waals surface area contributed by atoms with E-state index in [0.29, 0.717) is 0 Å². The first-order chi connectivity index (χ1) is 7.49. The Kier molecular flexibility index (Phi) is 4.56. The fraction of sp³-hybridized carbons (Fsp3) is 0.300. The van der Waals surface area contributed by atoms with Gasteiger partial charge in [-0.25, -0.2) is 4.79 Å². The Morgan fingerprint density at radius 2 is 1.81 bits per heavy atom. The summed E-state index contributed by atoms with van der Waals surface area (Å²) >= 11 is 11.6. The Hall–Kier alpha value is -0.810. The van der Waals surface area contributed by atoms with E-state index >= 15 is 0 Å². The molecule has 0 saturated heterocycles. The molecule has 0 aromatic heterocycles. The molecule has 2 unspecified atom stereocenters. The molecule has 2 N–H and O–H groups in total. The molecule has 0 heterocycles. The first kappa shape index (κ1) is 13.3. The average Bonchev–Trinajstić information content (AvgIpc) is 2.26. The van der Waals surface area contributed by atoms with Gasteiger partial charge in [0.1, 0.15) is 6.10 Å². The summed E-state index contributed by atoms with van der Waals surface area (Å²) in [4.78, 5) is 11.0. The lowest BCUT2D eigenvalue weighted by Crippen LogP contribution is -2.29. The van der Waals surface area contributed by atoms with Crippen molar-refractivity contribution in [1.82, 2.24) is 0 Å². The summed E-state index contributed by atoms with van der Waals surface area (Å²) < 4.78 is 4.30. The molecule has 0 fully saturated rings. The predicted molar refractivity (Wildman–Crippen MR) is 59.4 cm³/mol. The van der Waals surface area contributed by atoms with E-state index in [4.69, 9.17) is 23.2 Å². The van der Waals surface area contributed by atoms with Crippen LogP contribution in [0.4, 0.5) is 0 Å². The Labute approximate surface area is 102 Å². The van der Waals surface area contributed by atoms with E-state index in [1.54, 1.807) is 6.07 Å². The molecule has 1 rings (SSSR count). The van der Waals surface area contributed by atoms with Crippen molar-refractivity contribution in [2.24, 2.45) is 0 Å². The van der Waals surface area contributed by atoms with Crippen LogP contribution in [-0.4, -0.2) is 29.4 Å². The zero-order valence-corrected chi connectivity index (χ0v) is 9.87. The van der Waals surface area contributed by atoms with E-state index in [9.17, 15) is 15.0 Å². The van der Waals surface area contributed by atoms with Gasteiger partial charge in [0.25, 0.3) is 0 Å². The predicted octanol–water partition coefficient (Wildman–Crippen LogP) is 1.56. The van der Waals surface area contributed by atoms with Gasteiger partial charge < -0.3 is 14.9 Å². The summed E-state index contributed by atoms with van der Waals surface area (Å²) in [7, 11) is 1.10. The van der Waals surface area contributed by atoms with E-state index < -0.39 is 18.2 Å². The monoisotopic (exact) mass is 264 g/mol. The third-order valence-electron chi connectivity index (χ3n) is 2.04. The van der Waals surface area contributed by atoms with E-state index in [2.05, 4.69) is 4.74 Å². The number of aliphatic hydroxyl groups excluding tert-OH is 2. The summed E-state index contributed by atoms with van der Waals surface area (Å²) in [5, 5.41) is 19.5. The van der Waals surface area contributed by atoms with Gasteiger partial charge in [-0.05, 0) is 12.1 Å². The van der Waals surface area contributed by atoms with Crippen molar-refractivity contribution < 1.29 is 19.7 Å². The van der Waals surface area contributed by atoms with Gasteiger partial charge in [0.05, 0.1) is 7.11 Å². The van der Waals surface area contributed by atoms with Crippen molar-refractivity contribution in [3.63, 3.8) is 0 Å². The van der Waals surface area contributed by atoms with Gasteiger partial charge in [-0.1, -0.05) is 29.3 Å². The average molecular weight is 265 g/mol. The fourth-order valence-corrected chi connectivity index (χ4v) is 1.82. The molecular weight excluding hydrogens is 255 g/mol. The molecule has 1 aromatic rings. The van der Waals surface area contributed by atoms with Crippen molar-refractivity contribution in [2.45, 2.75) is 12.2 Å². The summed E-state index contributed by atoms with van der Waals surface area (Å²) in [5.41, 5.74) is 0.101. The van der Waals surface area contributed by atoms with Gasteiger partial charge in [-0.15, -0.1) is 0 Å². The zero-order valence-electron chi connectivity index (χ0n) is 8.35. The third-order valence-corrected chi connectivity index (χ3v) is 2.70. The summed E-state index contributed by atoms with van der Waals surface area (Å²) in [6.45, 7) is 0. The summed E-state index contributed by atoms with van der Waals surface area (Å²) in [6, 6.07) is 4.58. The first-order valence-electron chi connectivity index (χ1n) is 4.37. The number of halogens is 2. The van der Waals surface area contributed by atoms with Crippen LogP contribution in [0, 0.1) is 0 Å². The van der Waals surface area contributed by atoms with Crippen molar-refractivity contribution in [3.05, 3.63) is 33.8 Å². The molecular formula is C10H10Cl2O4. The van der Waals surface area contributed by atoms with Crippen molar-refractivity contribution >= 4 is 29.2 Å². The number of hydrogen-bond acceptors (Lipinski definition) is 4. The van der Waals surface area contributed by atoms with Gasteiger partial charge in [0, 0.05) is 15.6 Å². The number of benzene rings is 1. The Bertz CT molecular complexity index is 374. The van der Waals surface area contributed by atoms with Crippen LogP contribution in [0.3, 0.4) is 0 Å². The molecule has 0 aliphatic heterocycles. The van der Waals surface area contributed by atoms with Crippen LogP contribution in [0.15, 0.2) is 18.2 Å². The normalized spacial score (nSPS) is 14.3.